The van der Waals surface area contributed by atoms with Gasteiger partial charge in [-0.05, 0) is 18.2 Å². The van der Waals surface area contributed by atoms with Crippen molar-refractivity contribution in [2.45, 2.75) is 6.42 Å². The van der Waals surface area contributed by atoms with E-state index in [1.54, 1.807) is 24.5 Å². The molecule has 2 aromatic rings. The predicted octanol–water partition coefficient (Wildman–Crippen LogP) is 1.45. The third kappa shape index (κ3) is 3.84. The summed E-state index contributed by atoms with van der Waals surface area (Å²) in [4.78, 5) is 25.3. The van der Waals surface area contributed by atoms with Crippen LogP contribution in [0, 0.1) is 0 Å². The minimum absolute atomic E-state index is 0.108. The first-order valence-corrected chi connectivity index (χ1v) is 7.86. The second-order valence-corrected chi connectivity index (χ2v) is 5.64. The van der Waals surface area contributed by atoms with E-state index in [0.717, 1.165) is 38.7 Å². The zero-order valence-electron chi connectivity index (χ0n) is 13.1. The lowest BCUT2D eigenvalue weighted by Crippen LogP contribution is -2.47. The standard InChI is InChI=1S/C17H21N5O/c18-15-5-2-1-4-14(15)16(23)6-9-21-10-12-22(13-11-21)17-19-7-3-8-20-17/h1-5,7-8H,6,9-13,18H2. The van der Waals surface area contributed by atoms with Crippen molar-refractivity contribution < 1.29 is 4.79 Å². The molecule has 6 nitrogen and oxygen atoms in total. The minimum atomic E-state index is 0.108. The van der Waals surface area contributed by atoms with Crippen molar-refractivity contribution in [1.82, 2.24) is 14.9 Å². The number of piperazine rings is 1. The first-order chi connectivity index (χ1) is 11.2. The van der Waals surface area contributed by atoms with Gasteiger partial charge in [-0.2, -0.15) is 0 Å². The summed E-state index contributed by atoms with van der Waals surface area (Å²) in [6, 6.07) is 9.08. The van der Waals surface area contributed by atoms with Crippen molar-refractivity contribution in [3.63, 3.8) is 0 Å². The molecular formula is C17H21N5O. The highest BCUT2D eigenvalue weighted by atomic mass is 16.1. The summed E-state index contributed by atoms with van der Waals surface area (Å²) in [5.74, 6) is 0.886. The van der Waals surface area contributed by atoms with Crippen LogP contribution in [0.25, 0.3) is 0 Å². The van der Waals surface area contributed by atoms with Crippen LogP contribution in [0.4, 0.5) is 11.6 Å². The third-order valence-electron chi connectivity index (χ3n) is 4.12. The number of carbonyl (C=O) groups is 1. The van der Waals surface area contributed by atoms with E-state index < -0.39 is 0 Å². The van der Waals surface area contributed by atoms with Gasteiger partial charge >= 0.3 is 0 Å². The number of aromatic nitrogens is 2. The number of benzene rings is 1. The van der Waals surface area contributed by atoms with Crippen LogP contribution >= 0.6 is 0 Å². The summed E-state index contributed by atoms with van der Waals surface area (Å²) in [5, 5.41) is 0. The molecule has 1 aliphatic heterocycles. The molecule has 0 aliphatic carbocycles. The van der Waals surface area contributed by atoms with E-state index in [4.69, 9.17) is 5.73 Å². The van der Waals surface area contributed by atoms with E-state index in [0.29, 0.717) is 17.7 Å². The molecule has 2 heterocycles. The lowest BCUT2D eigenvalue weighted by Gasteiger charge is -2.34. The molecule has 0 unspecified atom stereocenters. The highest BCUT2D eigenvalue weighted by molar-refractivity contribution is 6.00. The molecule has 0 radical (unpaired) electrons. The summed E-state index contributed by atoms with van der Waals surface area (Å²) in [6.07, 6.45) is 4.02. The Morgan fingerprint density at radius 2 is 1.74 bits per heavy atom. The number of hydrogen-bond donors (Lipinski definition) is 1. The van der Waals surface area contributed by atoms with Crippen molar-refractivity contribution in [1.29, 1.82) is 0 Å². The fourth-order valence-corrected chi connectivity index (χ4v) is 2.77. The van der Waals surface area contributed by atoms with Crippen LogP contribution in [0.15, 0.2) is 42.7 Å². The molecule has 23 heavy (non-hydrogen) atoms. The van der Waals surface area contributed by atoms with E-state index in [-0.39, 0.29) is 5.78 Å². The molecule has 1 aromatic carbocycles. The minimum Gasteiger partial charge on any atom is -0.398 e. The fourth-order valence-electron chi connectivity index (χ4n) is 2.77. The Balaban J connectivity index is 1.48. The number of hydrogen-bond acceptors (Lipinski definition) is 6. The summed E-state index contributed by atoms with van der Waals surface area (Å²) in [7, 11) is 0. The van der Waals surface area contributed by atoms with Crippen LogP contribution < -0.4 is 10.6 Å². The number of nitrogens with zero attached hydrogens (tertiary/aromatic N) is 4. The number of carbonyl (C=O) groups excluding carboxylic acids is 1. The van der Waals surface area contributed by atoms with Gasteiger partial charge in [0.1, 0.15) is 0 Å². The molecule has 0 amide bonds. The second kappa shape index (κ2) is 7.19. The Bertz CT molecular complexity index is 653. The van der Waals surface area contributed by atoms with Crippen molar-refractivity contribution in [3.8, 4) is 0 Å². The zero-order chi connectivity index (χ0) is 16.1. The van der Waals surface area contributed by atoms with E-state index >= 15 is 0 Å². The SMILES string of the molecule is Nc1ccccc1C(=O)CCN1CCN(c2ncccn2)CC1. The van der Waals surface area contributed by atoms with Gasteiger partial charge in [-0.3, -0.25) is 9.69 Å². The van der Waals surface area contributed by atoms with Crippen LogP contribution in [0.5, 0.6) is 0 Å². The molecular weight excluding hydrogens is 290 g/mol. The summed E-state index contributed by atoms with van der Waals surface area (Å²) in [6.45, 7) is 4.35. The topological polar surface area (TPSA) is 75.4 Å². The molecule has 1 saturated heterocycles. The quantitative estimate of drug-likeness (QED) is 0.665. The Morgan fingerprint density at radius 1 is 1.04 bits per heavy atom. The Kier molecular flexibility index (Phi) is 4.83. The first kappa shape index (κ1) is 15.4. The first-order valence-electron chi connectivity index (χ1n) is 7.86. The molecule has 6 heteroatoms. The van der Waals surface area contributed by atoms with Gasteiger partial charge in [0.05, 0.1) is 0 Å². The summed E-state index contributed by atoms with van der Waals surface area (Å²) >= 11 is 0. The van der Waals surface area contributed by atoms with Crippen molar-refractivity contribution in [2.75, 3.05) is 43.4 Å². The van der Waals surface area contributed by atoms with E-state index in [2.05, 4.69) is 19.8 Å². The van der Waals surface area contributed by atoms with Crippen LogP contribution in [0.2, 0.25) is 0 Å². The molecule has 0 spiro atoms. The molecule has 0 atom stereocenters. The van der Waals surface area contributed by atoms with E-state index in [1.165, 1.54) is 0 Å². The lowest BCUT2D eigenvalue weighted by atomic mass is 10.1. The van der Waals surface area contributed by atoms with Crippen LogP contribution in [0.3, 0.4) is 0 Å². The van der Waals surface area contributed by atoms with Crippen LogP contribution in [0.1, 0.15) is 16.8 Å². The van der Waals surface area contributed by atoms with E-state index in [1.807, 2.05) is 18.2 Å². The average Bonchev–Trinajstić information content (AvgIpc) is 2.61. The van der Waals surface area contributed by atoms with Gasteiger partial charge in [-0.15, -0.1) is 0 Å². The molecule has 120 valence electrons. The zero-order valence-corrected chi connectivity index (χ0v) is 13.1. The average molecular weight is 311 g/mol. The highest BCUT2D eigenvalue weighted by Gasteiger charge is 2.19. The lowest BCUT2D eigenvalue weighted by molar-refractivity contribution is 0.0963. The maximum atomic E-state index is 12.3. The summed E-state index contributed by atoms with van der Waals surface area (Å²) in [5.41, 5.74) is 7.05. The smallest absolute Gasteiger partial charge is 0.225 e. The third-order valence-corrected chi connectivity index (χ3v) is 4.12. The number of nitrogens with two attached hydrogens (primary N) is 1. The van der Waals surface area contributed by atoms with Crippen molar-refractivity contribution in [3.05, 3.63) is 48.3 Å². The van der Waals surface area contributed by atoms with Crippen LogP contribution in [-0.4, -0.2) is 53.4 Å². The Morgan fingerprint density at radius 3 is 2.43 bits per heavy atom. The number of rotatable bonds is 5. The number of anilines is 2. The molecule has 2 N–H and O–H groups in total. The van der Waals surface area contributed by atoms with Gasteiger partial charge in [-0.1, -0.05) is 12.1 Å². The molecule has 1 aliphatic rings. The maximum Gasteiger partial charge on any atom is 0.225 e. The van der Waals surface area contributed by atoms with E-state index in [9.17, 15) is 4.79 Å². The van der Waals surface area contributed by atoms with Gasteiger partial charge in [0, 0.05) is 62.8 Å². The number of ketones is 1. The fraction of sp³-hybridized carbons (Fsp3) is 0.353. The molecule has 3 rings (SSSR count). The van der Waals surface area contributed by atoms with Gasteiger partial charge in [0.2, 0.25) is 5.95 Å². The molecule has 0 bridgehead atoms. The van der Waals surface area contributed by atoms with Crippen molar-refractivity contribution in [2.24, 2.45) is 0 Å². The Hall–Kier alpha value is -2.47. The largest absolute Gasteiger partial charge is 0.398 e. The van der Waals surface area contributed by atoms with Crippen molar-refractivity contribution >= 4 is 17.4 Å². The molecule has 1 fully saturated rings. The predicted molar refractivity (Wildman–Crippen MR) is 90.5 cm³/mol. The second-order valence-electron chi connectivity index (χ2n) is 5.64. The number of Topliss-reactive ketones (excluding diaryl/α,β-unsaturated/α-hetero) is 1. The highest BCUT2D eigenvalue weighted by Crippen LogP contribution is 2.14. The molecule has 0 saturated carbocycles. The maximum absolute atomic E-state index is 12.3. The number of nitrogen functional groups attached to an aromatic ring is 1. The molecule has 1 aromatic heterocycles. The van der Waals surface area contributed by atoms with Gasteiger partial charge < -0.3 is 10.6 Å². The summed E-state index contributed by atoms with van der Waals surface area (Å²) < 4.78 is 0. The number of para-hydroxylation sites is 1. The van der Waals surface area contributed by atoms with Crippen LogP contribution in [-0.2, 0) is 0 Å². The normalized spacial score (nSPS) is 15.6. The van der Waals surface area contributed by atoms with Gasteiger partial charge in [-0.25, -0.2) is 9.97 Å². The van der Waals surface area contributed by atoms with Gasteiger partial charge in [0.15, 0.2) is 5.78 Å². The van der Waals surface area contributed by atoms with Gasteiger partial charge in [0.25, 0.3) is 0 Å². The Labute approximate surface area is 135 Å². The monoisotopic (exact) mass is 311 g/mol.